The van der Waals surface area contributed by atoms with Crippen LogP contribution < -0.4 is 0 Å². The number of nitrogens with zero attached hydrogens (tertiary/aromatic N) is 4. The molecule has 4 rings (SSSR count). The van der Waals surface area contributed by atoms with E-state index in [1.54, 1.807) is 42.3 Å². The maximum absolute atomic E-state index is 13.0. The zero-order valence-corrected chi connectivity index (χ0v) is 17.4. The van der Waals surface area contributed by atoms with E-state index in [0.29, 0.717) is 41.4 Å². The lowest BCUT2D eigenvalue weighted by molar-refractivity contribution is 0.0507. The maximum atomic E-state index is 13.0. The Bertz CT molecular complexity index is 1130. The first kappa shape index (κ1) is 20.1. The van der Waals surface area contributed by atoms with E-state index >= 15 is 0 Å². The summed E-state index contributed by atoms with van der Waals surface area (Å²) in [5.41, 5.74) is 3.58. The molecule has 0 saturated carbocycles. The highest BCUT2D eigenvalue weighted by Gasteiger charge is 2.30. The Morgan fingerprint density at radius 1 is 1.17 bits per heavy atom. The Balaban J connectivity index is 1.64. The van der Waals surface area contributed by atoms with Crippen LogP contribution in [-0.2, 0) is 0 Å². The number of hydrogen-bond acceptors (Lipinski definition) is 4. The molecule has 1 N–H and O–H groups in total. The molecule has 3 aromatic rings. The first-order chi connectivity index (χ1) is 14.3. The molecule has 0 aliphatic carbocycles. The molecule has 1 unspecified atom stereocenters. The minimum atomic E-state index is -0.961. The van der Waals surface area contributed by atoms with E-state index in [9.17, 15) is 14.7 Å². The smallest absolute Gasteiger partial charge is 0.407 e. The number of carbonyl (C=O) groups is 2. The highest BCUT2D eigenvalue weighted by atomic mass is 35.5. The van der Waals surface area contributed by atoms with E-state index in [-0.39, 0.29) is 11.9 Å². The fraction of sp³-hybridized carbons (Fsp3) is 0.273. The molecule has 1 atom stereocenters. The molecule has 30 heavy (non-hydrogen) atoms. The van der Waals surface area contributed by atoms with Crippen molar-refractivity contribution in [3.63, 3.8) is 0 Å². The van der Waals surface area contributed by atoms with Crippen molar-refractivity contribution in [1.29, 1.82) is 0 Å². The minimum Gasteiger partial charge on any atom is -0.465 e. The molecular formula is C22H21ClN4O3. The highest BCUT2D eigenvalue weighted by molar-refractivity contribution is 6.35. The van der Waals surface area contributed by atoms with Gasteiger partial charge < -0.3 is 14.9 Å². The number of aryl methyl sites for hydroxylation is 1. The third-order valence-electron chi connectivity index (χ3n) is 5.37. The SMILES string of the molecule is Cc1ccc(-c2cc(Cl)c3ccc(C(=O)N4CCN(C(=O)O)C(C)C4)cc3n2)cn1. The first-order valence-corrected chi connectivity index (χ1v) is 10.0. The molecule has 0 bridgehead atoms. The largest absolute Gasteiger partial charge is 0.465 e. The Morgan fingerprint density at radius 3 is 2.63 bits per heavy atom. The Hall–Kier alpha value is -3.19. The summed E-state index contributed by atoms with van der Waals surface area (Å²) in [5.74, 6) is -0.144. The molecule has 2 aromatic heterocycles. The Morgan fingerprint density at radius 2 is 1.97 bits per heavy atom. The van der Waals surface area contributed by atoms with Gasteiger partial charge in [-0.2, -0.15) is 0 Å². The molecule has 154 valence electrons. The van der Waals surface area contributed by atoms with Crippen molar-refractivity contribution in [2.75, 3.05) is 19.6 Å². The van der Waals surface area contributed by atoms with E-state index in [4.69, 9.17) is 16.6 Å². The third-order valence-corrected chi connectivity index (χ3v) is 5.69. The van der Waals surface area contributed by atoms with E-state index in [1.807, 2.05) is 19.1 Å². The van der Waals surface area contributed by atoms with Crippen LogP contribution in [0.1, 0.15) is 23.0 Å². The van der Waals surface area contributed by atoms with Crippen molar-refractivity contribution in [1.82, 2.24) is 19.8 Å². The second-order valence-electron chi connectivity index (χ2n) is 7.49. The zero-order valence-electron chi connectivity index (χ0n) is 16.7. The van der Waals surface area contributed by atoms with Crippen LogP contribution >= 0.6 is 11.6 Å². The lowest BCUT2D eigenvalue weighted by atomic mass is 10.1. The maximum Gasteiger partial charge on any atom is 0.407 e. The van der Waals surface area contributed by atoms with E-state index < -0.39 is 6.09 Å². The first-order valence-electron chi connectivity index (χ1n) is 9.65. The lowest BCUT2D eigenvalue weighted by Gasteiger charge is -2.38. The van der Waals surface area contributed by atoms with Gasteiger partial charge in [-0.25, -0.2) is 9.78 Å². The number of fused-ring (bicyclic) bond motifs is 1. The van der Waals surface area contributed by atoms with Crippen LogP contribution in [0, 0.1) is 6.92 Å². The van der Waals surface area contributed by atoms with Crippen molar-refractivity contribution in [2.24, 2.45) is 0 Å². The van der Waals surface area contributed by atoms with Crippen LogP contribution in [-0.4, -0.2) is 62.6 Å². The Kier molecular flexibility index (Phi) is 5.30. The van der Waals surface area contributed by atoms with Crippen molar-refractivity contribution in [3.8, 4) is 11.3 Å². The van der Waals surface area contributed by atoms with Crippen LogP contribution in [0.3, 0.4) is 0 Å². The summed E-state index contributed by atoms with van der Waals surface area (Å²) in [5, 5.41) is 10.5. The van der Waals surface area contributed by atoms with E-state index in [2.05, 4.69) is 4.98 Å². The summed E-state index contributed by atoms with van der Waals surface area (Å²) < 4.78 is 0. The monoisotopic (exact) mass is 424 g/mol. The molecule has 7 nitrogen and oxygen atoms in total. The van der Waals surface area contributed by atoms with Crippen LogP contribution in [0.25, 0.3) is 22.2 Å². The van der Waals surface area contributed by atoms with Crippen LogP contribution in [0.4, 0.5) is 4.79 Å². The van der Waals surface area contributed by atoms with Crippen LogP contribution in [0.15, 0.2) is 42.6 Å². The highest BCUT2D eigenvalue weighted by Crippen LogP contribution is 2.29. The van der Waals surface area contributed by atoms with Crippen molar-refractivity contribution < 1.29 is 14.7 Å². The standard InChI is InChI=1S/C22H21ClN4O3/c1-13-3-4-16(11-24-13)19-10-18(23)17-6-5-15(9-20(17)25-19)21(28)26-7-8-27(22(29)30)14(2)12-26/h3-6,9-11,14H,7-8,12H2,1-2H3,(H,29,30). The van der Waals surface area contributed by atoms with Crippen molar-refractivity contribution >= 4 is 34.5 Å². The number of hydrogen-bond donors (Lipinski definition) is 1. The molecule has 1 aromatic carbocycles. The van der Waals surface area contributed by atoms with Gasteiger partial charge in [-0.15, -0.1) is 0 Å². The molecule has 2 amide bonds. The van der Waals surface area contributed by atoms with Gasteiger partial charge in [0.25, 0.3) is 5.91 Å². The van der Waals surface area contributed by atoms with Crippen LogP contribution in [0.5, 0.6) is 0 Å². The quantitative estimate of drug-likeness (QED) is 0.669. The lowest BCUT2D eigenvalue weighted by Crippen LogP contribution is -2.55. The summed E-state index contributed by atoms with van der Waals surface area (Å²) in [7, 11) is 0. The molecule has 1 aliphatic heterocycles. The fourth-order valence-corrected chi connectivity index (χ4v) is 3.96. The van der Waals surface area contributed by atoms with Gasteiger partial charge in [-0.05, 0) is 44.2 Å². The molecule has 1 saturated heterocycles. The predicted octanol–water partition coefficient (Wildman–Crippen LogP) is 4.08. The topological polar surface area (TPSA) is 86.6 Å². The van der Waals surface area contributed by atoms with Crippen LogP contribution in [0.2, 0.25) is 5.02 Å². The second kappa shape index (κ2) is 7.91. The molecule has 1 aliphatic rings. The summed E-state index contributed by atoms with van der Waals surface area (Å²) in [6, 6.07) is 10.7. The summed E-state index contributed by atoms with van der Waals surface area (Å²) in [6.07, 6.45) is 0.787. The number of pyridine rings is 2. The molecule has 0 radical (unpaired) electrons. The normalized spacial score (nSPS) is 16.7. The van der Waals surface area contributed by atoms with Crippen molar-refractivity contribution in [2.45, 2.75) is 19.9 Å². The number of rotatable bonds is 2. The fourth-order valence-electron chi connectivity index (χ4n) is 3.70. The molecule has 3 heterocycles. The van der Waals surface area contributed by atoms with Gasteiger partial charge in [0.2, 0.25) is 0 Å². The average molecular weight is 425 g/mol. The van der Waals surface area contributed by atoms with Gasteiger partial charge in [0.1, 0.15) is 0 Å². The van der Waals surface area contributed by atoms with Gasteiger partial charge in [-0.1, -0.05) is 17.7 Å². The number of carbonyl (C=O) groups excluding carboxylic acids is 1. The number of amides is 2. The van der Waals surface area contributed by atoms with Gasteiger partial charge in [0.05, 0.1) is 16.2 Å². The zero-order chi connectivity index (χ0) is 21.4. The second-order valence-corrected chi connectivity index (χ2v) is 7.89. The Labute approximate surface area is 178 Å². The average Bonchev–Trinajstić information content (AvgIpc) is 2.73. The number of halogens is 1. The summed E-state index contributed by atoms with van der Waals surface area (Å²) >= 11 is 6.47. The predicted molar refractivity (Wildman–Crippen MR) is 115 cm³/mol. The van der Waals surface area contributed by atoms with E-state index in [1.165, 1.54) is 4.90 Å². The third kappa shape index (κ3) is 3.80. The van der Waals surface area contributed by atoms with Gasteiger partial charge in [-0.3, -0.25) is 9.78 Å². The minimum absolute atomic E-state index is 0.144. The molecular weight excluding hydrogens is 404 g/mol. The number of carboxylic acid groups (broad SMARTS) is 1. The molecule has 1 fully saturated rings. The summed E-state index contributed by atoms with van der Waals surface area (Å²) in [6.45, 7) is 4.73. The molecule has 8 heteroatoms. The van der Waals surface area contributed by atoms with Gasteiger partial charge in [0.15, 0.2) is 0 Å². The number of aromatic nitrogens is 2. The van der Waals surface area contributed by atoms with Gasteiger partial charge in [0, 0.05) is 54.1 Å². The molecule has 0 spiro atoms. The number of benzene rings is 1. The van der Waals surface area contributed by atoms with E-state index in [0.717, 1.165) is 16.6 Å². The van der Waals surface area contributed by atoms with Crippen molar-refractivity contribution in [3.05, 3.63) is 58.9 Å². The van der Waals surface area contributed by atoms with Gasteiger partial charge >= 0.3 is 6.09 Å². The summed E-state index contributed by atoms with van der Waals surface area (Å²) in [4.78, 5) is 36.3. The number of piperazine rings is 1.